The molecule has 25 heavy (non-hydrogen) atoms. The van der Waals surface area contributed by atoms with Crippen molar-refractivity contribution in [2.75, 3.05) is 13.7 Å². The Morgan fingerprint density at radius 3 is 2.64 bits per heavy atom. The Kier molecular flexibility index (Phi) is 4.19. The molecule has 1 aromatic carbocycles. The van der Waals surface area contributed by atoms with Crippen LogP contribution in [0.15, 0.2) is 30.5 Å². The van der Waals surface area contributed by atoms with Crippen LogP contribution in [-0.2, 0) is 5.54 Å². The van der Waals surface area contributed by atoms with E-state index in [1.165, 1.54) is 19.4 Å². The Morgan fingerprint density at radius 2 is 2.00 bits per heavy atom. The molecule has 0 unspecified atom stereocenters. The van der Waals surface area contributed by atoms with Crippen molar-refractivity contribution in [3.8, 4) is 17.2 Å². The van der Waals surface area contributed by atoms with Crippen LogP contribution in [0.4, 0.5) is 17.6 Å². The van der Waals surface area contributed by atoms with E-state index in [1.807, 2.05) is 0 Å². The van der Waals surface area contributed by atoms with Gasteiger partial charge in [0.05, 0.1) is 19.3 Å². The predicted molar refractivity (Wildman–Crippen MR) is 79.0 cm³/mol. The molecule has 134 valence electrons. The van der Waals surface area contributed by atoms with Crippen LogP contribution in [0.1, 0.15) is 17.7 Å². The molecule has 2 heterocycles. The van der Waals surface area contributed by atoms with Crippen LogP contribution in [0.2, 0.25) is 0 Å². The number of rotatable bonds is 3. The Labute approximate surface area is 140 Å². The van der Waals surface area contributed by atoms with Crippen LogP contribution in [0, 0.1) is 5.82 Å². The number of halogens is 4. The van der Waals surface area contributed by atoms with E-state index in [-0.39, 0.29) is 18.6 Å². The Bertz CT molecular complexity index is 797. The summed E-state index contributed by atoms with van der Waals surface area (Å²) in [6.07, 6.45) is -3.26. The van der Waals surface area contributed by atoms with Crippen molar-refractivity contribution >= 4 is 0 Å². The maximum Gasteiger partial charge on any atom is 0.573 e. The van der Waals surface area contributed by atoms with E-state index in [0.717, 1.165) is 12.1 Å². The van der Waals surface area contributed by atoms with Gasteiger partial charge in [0, 0.05) is 18.7 Å². The molecule has 0 aliphatic carbocycles. The molecular weight excluding hydrogens is 344 g/mol. The third-order valence-electron chi connectivity index (χ3n) is 3.93. The van der Waals surface area contributed by atoms with Crippen LogP contribution in [-0.4, -0.2) is 25.1 Å². The number of nitrogens with two attached hydrogens (primary N) is 1. The van der Waals surface area contributed by atoms with Crippen LogP contribution < -0.4 is 19.9 Å². The normalized spacial score (nSPS) is 19.8. The van der Waals surface area contributed by atoms with Crippen molar-refractivity contribution in [3.05, 3.63) is 47.5 Å². The Balaban J connectivity index is 2.04. The van der Waals surface area contributed by atoms with Gasteiger partial charge in [-0.1, -0.05) is 6.07 Å². The molecule has 3 rings (SSSR count). The maximum atomic E-state index is 14.1. The lowest BCUT2D eigenvalue weighted by atomic mass is 9.82. The highest BCUT2D eigenvalue weighted by Gasteiger charge is 2.40. The van der Waals surface area contributed by atoms with Gasteiger partial charge in [0.25, 0.3) is 0 Å². The number of alkyl halides is 3. The highest BCUT2D eigenvalue weighted by atomic mass is 19.4. The highest BCUT2D eigenvalue weighted by molar-refractivity contribution is 5.51. The van der Waals surface area contributed by atoms with E-state index in [4.69, 9.17) is 15.2 Å². The first-order valence-corrected chi connectivity index (χ1v) is 7.25. The first-order chi connectivity index (χ1) is 11.7. The molecule has 0 radical (unpaired) electrons. The van der Waals surface area contributed by atoms with E-state index in [2.05, 4.69) is 9.72 Å². The first kappa shape index (κ1) is 17.3. The molecule has 0 amide bonds. The molecule has 1 aliphatic heterocycles. The molecule has 1 aliphatic rings. The van der Waals surface area contributed by atoms with E-state index >= 15 is 0 Å². The minimum Gasteiger partial charge on any atom is -0.493 e. The van der Waals surface area contributed by atoms with Gasteiger partial charge in [0.15, 0.2) is 23.1 Å². The second-order valence-electron chi connectivity index (χ2n) is 5.45. The van der Waals surface area contributed by atoms with Gasteiger partial charge in [-0.15, -0.1) is 13.2 Å². The molecule has 1 aromatic heterocycles. The molecule has 9 heteroatoms. The van der Waals surface area contributed by atoms with Gasteiger partial charge in [-0.2, -0.15) is 0 Å². The Morgan fingerprint density at radius 1 is 1.24 bits per heavy atom. The van der Waals surface area contributed by atoms with E-state index < -0.39 is 23.5 Å². The summed E-state index contributed by atoms with van der Waals surface area (Å²) in [5.41, 5.74) is 5.77. The number of aromatic nitrogens is 1. The zero-order valence-corrected chi connectivity index (χ0v) is 13.1. The number of benzene rings is 1. The van der Waals surface area contributed by atoms with Gasteiger partial charge < -0.3 is 19.9 Å². The number of hydrogen-bond acceptors (Lipinski definition) is 5. The summed E-state index contributed by atoms with van der Waals surface area (Å²) in [6, 6.07) is 4.67. The molecule has 0 bridgehead atoms. The van der Waals surface area contributed by atoms with Crippen LogP contribution >= 0.6 is 0 Å². The smallest absolute Gasteiger partial charge is 0.493 e. The number of hydrogen-bond donors (Lipinski definition) is 1. The average Bonchev–Trinajstić information content (AvgIpc) is 2.55. The third-order valence-corrected chi connectivity index (χ3v) is 3.93. The molecule has 0 spiro atoms. The van der Waals surface area contributed by atoms with Gasteiger partial charge in [0.1, 0.15) is 5.69 Å². The molecule has 2 aromatic rings. The van der Waals surface area contributed by atoms with E-state index in [1.54, 1.807) is 6.07 Å². The molecule has 5 nitrogen and oxygen atoms in total. The topological polar surface area (TPSA) is 66.6 Å². The molecular formula is C16H14F4N2O3. The number of pyridine rings is 1. The van der Waals surface area contributed by atoms with Crippen LogP contribution in [0.5, 0.6) is 17.2 Å². The van der Waals surface area contributed by atoms with Gasteiger partial charge in [-0.3, -0.25) is 4.98 Å². The van der Waals surface area contributed by atoms with Crippen molar-refractivity contribution in [2.45, 2.75) is 18.3 Å². The minimum absolute atomic E-state index is 0.216. The summed E-state index contributed by atoms with van der Waals surface area (Å²) in [5, 5.41) is 0. The fourth-order valence-electron chi connectivity index (χ4n) is 2.75. The lowest BCUT2D eigenvalue weighted by molar-refractivity contribution is -0.275. The average molecular weight is 358 g/mol. The summed E-state index contributed by atoms with van der Waals surface area (Å²) < 4.78 is 65.3. The van der Waals surface area contributed by atoms with Crippen molar-refractivity contribution < 1.29 is 31.8 Å². The second kappa shape index (κ2) is 6.07. The third kappa shape index (κ3) is 3.19. The standard InChI is InChI=1S/C16H14F4N2O3/c1-23-12-4-6-22-14-13(12)24-7-5-15(14,21)9-2-3-11(10(17)8-9)25-16(18,19)20/h2-4,6,8H,5,7,21H2,1H3/t15-/m0/s1. The molecule has 0 saturated heterocycles. The second-order valence-corrected chi connectivity index (χ2v) is 5.45. The van der Waals surface area contributed by atoms with Crippen molar-refractivity contribution in [1.29, 1.82) is 0 Å². The summed E-state index contributed by atoms with van der Waals surface area (Å²) in [6.45, 7) is 0.216. The SMILES string of the molecule is COc1ccnc2c1OCC[C@]2(N)c1ccc(OC(F)(F)F)c(F)c1. The van der Waals surface area contributed by atoms with Crippen LogP contribution in [0.3, 0.4) is 0 Å². The fourth-order valence-corrected chi connectivity index (χ4v) is 2.75. The highest BCUT2D eigenvalue weighted by Crippen LogP contribution is 2.43. The van der Waals surface area contributed by atoms with Gasteiger partial charge in [-0.05, 0) is 17.7 Å². The molecule has 0 saturated carbocycles. The van der Waals surface area contributed by atoms with E-state index in [9.17, 15) is 17.6 Å². The van der Waals surface area contributed by atoms with Crippen molar-refractivity contribution in [2.24, 2.45) is 5.73 Å². The maximum absolute atomic E-state index is 14.1. The minimum atomic E-state index is -4.98. The van der Waals surface area contributed by atoms with Crippen molar-refractivity contribution in [3.63, 3.8) is 0 Å². The zero-order chi connectivity index (χ0) is 18.2. The number of fused-ring (bicyclic) bond motifs is 1. The fraction of sp³-hybridized carbons (Fsp3) is 0.312. The number of ether oxygens (including phenoxy) is 3. The quantitative estimate of drug-likeness (QED) is 0.854. The largest absolute Gasteiger partial charge is 0.573 e. The lowest BCUT2D eigenvalue weighted by Gasteiger charge is -2.35. The van der Waals surface area contributed by atoms with Gasteiger partial charge in [-0.25, -0.2) is 4.39 Å². The Hall–Kier alpha value is -2.55. The molecule has 0 fully saturated rings. The molecule has 1 atom stereocenters. The van der Waals surface area contributed by atoms with Gasteiger partial charge in [0.2, 0.25) is 0 Å². The number of nitrogens with zero attached hydrogens (tertiary/aromatic N) is 1. The lowest BCUT2D eigenvalue weighted by Crippen LogP contribution is -2.43. The van der Waals surface area contributed by atoms with Crippen molar-refractivity contribution in [1.82, 2.24) is 4.98 Å². The first-order valence-electron chi connectivity index (χ1n) is 7.25. The summed E-state index contributed by atoms with van der Waals surface area (Å²) in [5.74, 6) is -1.35. The molecule has 2 N–H and O–H groups in total. The summed E-state index contributed by atoms with van der Waals surface area (Å²) in [7, 11) is 1.45. The van der Waals surface area contributed by atoms with E-state index in [0.29, 0.717) is 17.2 Å². The van der Waals surface area contributed by atoms with Crippen LogP contribution in [0.25, 0.3) is 0 Å². The summed E-state index contributed by atoms with van der Waals surface area (Å²) in [4.78, 5) is 4.21. The predicted octanol–water partition coefficient (Wildman–Crippen LogP) is 3.11. The monoisotopic (exact) mass is 358 g/mol. The zero-order valence-electron chi connectivity index (χ0n) is 13.1. The van der Waals surface area contributed by atoms with Gasteiger partial charge >= 0.3 is 6.36 Å². The summed E-state index contributed by atoms with van der Waals surface area (Å²) >= 11 is 0. The number of methoxy groups -OCH3 is 1.